The highest BCUT2D eigenvalue weighted by Gasteiger charge is 2.49. The van der Waals surface area contributed by atoms with Crippen LogP contribution in [-0.2, 0) is 20.8 Å². The molecule has 32 heavy (non-hydrogen) atoms. The van der Waals surface area contributed by atoms with Crippen LogP contribution in [0.2, 0.25) is 0 Å². The van der Waals surface area contributed by atoms with E-state index in [9.17, 15) is 14.4 Å². The average Bonchev–Trinajstić information content (AvgIpc) is 3.21. The molecule has 0 radical (unpaired) electrons. The number of nitrogens with one attached hydrogen (secondary N) is 1. The second kappa shape index (κ2) is 9.82. The molecule has 1 aromatic carbocycles. The van der Waals surface area contributed by atoms with Crippen molar-refractivity contribution >= 4 is 23.5 Å². The van der Waals surface area contributed by atoms with E-state index < -0.39 is 17.4 Å². The molecule has 0 fully saturated rings. The van der Waals surface area contributed by atoms with Crippen LogP contribution in [-0.4, -0.2) is 67.1 Å². The summed E-state index contributed by atoms with van der Waals surface area (Å²) < 4.78 is 16.6. The molecule has 0 unspecified atom stereocenters. The van der Waals surface area contributed by atoms with Crippen LogP contribution in [0.15, 0.2) is 30.3 Å². The molecule has 0 aliphatic carbocycles. The van der Waals surface area contributed by atoms with Crippen LogP contribution < -0.4 is 15.0 Å². The second-order valence-electron chi connectivity index (χ2n) is 7.51. The predicted octanol–water partition coefficient (Wildman–Crippen LogP) is 1.64. The lowest BCUT2D eigenvalue weighted by atomic mass is 9.94. The number of aromatic nitrogens is 2. The van der Waals surface area contributed by atoms with Crippen molar-refractivity contribution in [1.82, 2.24) is 15.1 Å². The van der Waals surface area contributed by atoms with Crippen molar-refractivity contribution in [2.24, 2.45) is 0 Å². The Bertz CT molecular complexity index is 987. The van der Waals surface area contributed by atoms with Gasteiger partial charge in [0, 0.05) is 32.0 Å². The van der Waals surface area contributed by atoms with Crippen molar-refractivity contribution in [1.29, 1.82) is 0 Å². The molecule has 0 spiro atoms. The SMILES string of the molecule is CCOC(=O)c1cc2n(n1)C[C@](C)(C(=O)NCCCOC)N(c1ccc(OC)cc1)C2=O. The molecular formula is C22H28N4O6. The average molecular weight is 444 g/mol. The molecule has 1 aliphatic heterocycles. The third-order valence-corrected chi connectivity index (χ3v) is 5.27. The summed E-state index contributed by atoms with van der Waals surface area (Å²) in [4.78, 5) is 40.4. The maximum Gasteiger partial charge on any atom is 0.358 e. The van der Waals surface area contributed by atoms with Gasteiger partial charge in [-0.3, -0.25) is 19.2 Å². The normalized spacial score (nSPS) is 17.6. The smallest absolute Gasteiger partial charge is 0.358 e. The Labute approximate surface area is 186 Å². The van der Waals surface area contributed by atoms with E-state index >= 15 is 0 Å². The first-order valence-electron chi connectivity index (χ1n) is 10.4. The van der Waals surface area contributed by atoms with Crippen molar-refractivity contribution < 1.29 is 28.6 Å². The zero-order valence-corrected chi connectivity index (χ0v) is 18.7. The molecule has 1 N–H and O–H groups in total. The number of rotatable bonds is 9. The highest BCUT2D eigenvalue weighted by Crippen LogP contribution is 2.33. The summed E-state index contributed by atoms with van der Waals surface area (Å²) >= 11 is 0. The molecular weight excluding hydrogens is 416 g/mol. The summed E-state index contributed by atoms with van der Waals surface area (Å²) in [5.74, 6) is -0.780. The van der Waals surface area contributed by atoms with Gasteiger partial charge in [0.05, 0.1) is 20.3 Å². The molecule has 2 aromatic rings. The van der Waals surface area contributed by atoms with Crippen LogP contribution in [0.25, 0.3) is 0 Å². The fourth-order valence-electron chi connectivity index (χ4n) is 3.63. The summed E-state index contributed by atoms with van der Waals surface area (Å²) in [6, 6.07) is 8.26. The van der Waals surface area contributed by atoms with Gasteiger partial charge in [-0.1, -0.05) is 0 Å². The van der Waals surface area contributed by atoms with Crippen molar-refractivity contribution in [2.45, 2.75) is 32.4 Å². The van der Waals surface area contributed by atoms with Crippen LogP contribution in [0, 0.1) is 0 Å². The van der Waals surface area contributed by atoms with Gasteiger partial charge in [-0.25, -0.2) is 4.79 Å². The van der Waals surface area contributed by atoms with Crippen molar-refractivity contribution in [3.05, 3.63) is 41.7 Å². The molecule has 2 amide bonds. The number of nitrogens with zero attached hydrogens (tertiary/aromatic N) is 3. The van der Waals surface area contributed by atoms with Gasteiger partial charge in [-0.2, -0.15) is 5.10 Å². The van der Waals surface area contributed by atoms with E-state index in [0.29, 0.717) is 31.0 Å². The van der Waals surface area contributed by atoms with E-state index in [2.05, 4.69) is 10.4 Å². The minimum absolute atomic E-state index is 0.0228. The van der Waals surface area contributed by atoms with E-state index in [1.54, 1.807) is 52.3 Å². The topological polar surface area (TPSA) is 112 Å². The number of esters is 1. The number of benzene rings is 1. The number of amides is 2. The summed E-state index contributed by atoms with van der Waals surface area (Å²) in [6.07, 6.45) is 0.634. The molecule has 1 aliphatic rings. The molecule has 172 valence electrons. The molecule has 10 heteroatoms. The van der Waals surface area contributed by atoms with E-state index in [4.69, 9.17) is 14.2 Å². The van der Waals surface area contributed by atoms with Crippen LogP contribution in [0.1, 0.15) is 41.2 Å². The van der Waals surface area contributed by atoms with Gasteiger partial charge < -0.3 is 19.5 Å². The standard InChI is InChI=1S/C22H28N4O6/c1-5-32-20(28)17-13-18-19(27)26(15-7-9-16(31-4)10-8-15)22(2,14-25(18)24-17)21(29)23-11-6-12-30-3/h7-10,13H,5-6,11-12,14H2,1-4H3,(H,23,29)/t22-/m1/s1. The number of hydrogen-bond donors (Lipinski definition) is 1. The van der Waals surface area contributed by atoms with E-state index in [-0.39, 0.29) is 30.4 Å². The monoisotopic (exact) mass is 444 g/mol. The van der Waals surface area contributed by atoms with Crippen molar-refractivity contribution in [3.63, 3.8) is 0 Å². The summed E-state index contributed by atoms with van der Waals surface area (Å²) in [6.45, 7) is 4.52. The highest BCUT2D eigenvalue weighted by molar-refractivity contribution is 6.12. The van der Waals surface area contributed by atoms with Crippen LogP contribution in [0.5, 0.6) is 5.75 Å². The van der Waals surface area contributed by atoms with Gasteiger partial charge >= 0.3 is 5.97 Å². The third-order valence-electron chi connectivity index (χ3n) is 5.27. The Morgan fingerprint density at radius 1 is 1.22 bits per heavy atom. The van der Waals surface area contributed by atoms with Gasteiger partial charge in [-0.15, -0.1) is 0 Å². The molecule has 0 bridgehead atoms. The number of fused-ring (bicyclic) bond motifs is 1. The maximum absolute atomic E-state index is 13.5. The van der Waals surface area contributed by atoms with Crippen LogP contribution in [0.4, 0.5) is 5.69 Å². The van der Waals surface area contributed by atoms with Crippen molar-refractivity contribution in [3.8, 4) is 5.75 Å². The van der Waals surface area contributed by atoms with Gasteiger partial charge in [0.25, 0.3) is 5.91 Å². The molecule has 0 saturated heterocycles. The Balaban J connectivity index is 2.00. The van der Waals surface area contributed by atoms with Crippen LogP contribution in [0.3, 0.4) is 0 Å². The minimum atomic E-state index is -1.29. The first-order valence-corrected chi connectivity index (χ1v) is 10.4. The van der Waals surface area contributed by atoms with Crippen molar-refractivity contribution in [2.75, 3.05) is 38.9 Å². The summed E-state index contributed by atoms with van der Waals surface area (Å²) in [5, 5.41) is 7.12. The second-order valence-corrected chi connectivity index (χ2v) is 7.51. The number of anilines is 1. The number of methoxy groups -OCH3 is 2. The predicted molar refractivity (Wildman–Crippen MR) is 116 cm³/mol. The van der Waals surface area contributed by atoms with Gasteiger partial charge in [0.2, 0.25) is 5.91 Å². The Hall–Kier alpha value is -3.40. The molecule has 1 aromatic heterocycles. The lowest BCUT2D eigenvalue weighted by Crippen LogP contribution is -2.64. The first-order chi connectivity index (χ1) is 15.3. The zero-order chi connectivity index (χ0) is 23.3. The van der Waals surface area contributed by atoms with Crippen LogP contribution >= 0.6 is 0 Å². The Kier molecular flexibility index (Phi) is 7.14. The number of carbonyl (C=O) groups excluding carboxylic acids is 3. The van der Waals surface area contributed by atoms with E-state index in [1.165, 1.54) is 15.6 Å². The lowest BCUT2D eigenvalue weighted by Gasteiger charge is -2.43. The molecule has 2 heterocycles. The molecule has 0 saturated carbocycles. The quantitative estimate of drug-likeness (QED) is 0.462. The highest BCUT2D eigenvalue weighted by atomic mass is 16.5. The number of carbonyl (C=O) groups is 3. The van der Waals surface area contributed by atoms with Gasteiger partial charge in [0.15, 0.2) is 5.69 Å². The lowest BCUT2D eigenvalue weighted by molar-refractivity contribution is -0.126. The zero-order valence-electron chi connectivity index (χ0n) is 18.7. The first kappa shape index (κ1) is 23.3. The third kappa shape index (κ3) is 4.45. The van der Waals surface area contributed by atoms with Gasteiger partial charge in [0.1, 0.15) is 17.0 Å². The summed E-state index contributed by atoms with van der Waals surface area (Å²) in [7, 11) is 3.14. The summed E-state index contributed by atoms with van der Waals surface area (Å²) in [5.41, 5.74) is -0.539. The Morgan fingerprint density at radius 3 is 2.56 bits per heavy atom. The van der Waals surface area contributed by atoms with E-state index in [1.807, 2.05) is 0 Å². The number of ether oxygens (including phenoxy) is 3. The molecule has 10 nitrogen and oxygen atoms in total. The van der Waals surface area contributed by atoms with E-state index in [0.717, 1.165) is 0 Å². The maximum atomic E-state index is 13.5. The fourth-order valence-corrected chi connectivity index (χ4v) is 3.63. The fraction of sp³-hybridized carbons (Fsp3) is 0.455. The van der Waals surface area contributed by atoms with Gasteiger partial charge in [-0.05, 0) is 44.5 Å². The minimum Gasteiger partial charge on any atom is -0.497 e. The molecule has 1 atom stereocenters. The number of hydrogen-bond acceptors (Lipinski definition) is 7. The largest absolute Gasteiger partial charge is 0.497 e. The molecule has 3 rings (SSSR count). The Morgan fingerprint density at radius 2 is 1.94 bits per heavy atom.